The van der Waals surface area contributed by atoms with Gasteiger partial charge in [-0.2, -0.15) is 4.98 Å². The molecule has 34 heavy (non-hydrogen) atoms. The van der Waals surface area contributed by atoms with Crippen molar-refractivity contribution in [1.82, 2.24) is 20.3 Å². The number of hydrogen-bond donors (Lipinski definition) is 1. The highest BCUT2D eigenvalue weighted by Crippen LogP contribution is 2.31. The summed E-state index contributed by atoms with van der Waals surface area (Å²) in [5, 5.41) is 5.09. The number of amidine groups is 2. The summed E-state index contributed by atoms with van der Waals surface area (Å²) in [6.45, 7) is 9.05. The highest BCUT2D eigenvalue weighted by atomic mass is 35.5. The number of thiazole rings is 1. The number of aliphatic imine (C=N–C) groups is 2. The molecule has 1 atom stereocenters. The fraction of sp³-hybridized carbons (Fsp3) is 0.435. The maximum Gasteiger partial charge on any atom is 0.291 e. The first-order valence-corrected chi connectivity index (χ1v) is 12.0. The Hall–Kier alpha value is -2.98. The second-order valence-electron chi connectivity index (χ2n) is 8.29. The fourth-order valence-electron chi connectivity index (χ4n) is 3.31. The average Bonchev–Trinajstić information content (AvgIpc) is 3.14. The summed E-state index contributed by atoms with van der Waals surface area (Å²) >= 11 is 8.19. The lowest BCUT2D eigenvalue weighted by Crippen LogP contribution is -2.50. The molecule has 0 saturated heterocycles. The number of hydrogen-bond acceptors (Lipinski definition) is 9. The van der Waals surface area contributed by atoms with Gasteiger partial charge in [0.25, 0.3) is 6.02 Å². The molecule has 0 bridgehead atoms. The minimum Gasteiger partial charge on any atom is -0.495 e. The quantitative estimate of drug-likeness (QED) is 0.292. The van der Waals surface area contributed by atoms with Crippen LogP contribution in [0.5, 0.6) is 11.6 Å². The van der Waals surface area contributed by atoms with E-state index in [9.17, 15) is 0 Å². The van der Waals surface area contributed by atoms with Crippen LogP contribution in [0.15, 0.2) is 34.4 Å². The Bertz CT molecular complexity index is 1240. The van der Waals surface area contributed by atoms with Crippen LogP contribution in [0.25, 0.3) is 11.0 Å². The van der Waals surface area contributed by atoms with Crippen LogP contribution in [-0.2, 0) is 11.3 Å². The number of pyridine rings is 2. The number of halogens is 1. The van der Waals surface area contributed by atoms with Crippen LogP contribution in [0.2, 0.25) is 0 Å². The molecule has 11 heteroatoms. The molecule has 0 fully saturated rings. The van der Waals surface area contributed by atoms with Crippen molar-refractivity contribution in [2.75, 3.05) is 20.3 Å². The zero-order valence-electron chi connectivity index (χ0n) is 19.8. The number of methoxy groups -OCH3 is 1. The number of aromatic nitrogens is 3. The largest absolute Gasteiger partial charge is 0.495 e. The van der Waals surface area contributed by atoms with Crippen molar-refractivity contribution in [2.24, 2.45) is 15.4 Å². The lowest BCUT2D eigenvalue weighted by molar-refractivity contribution is 0.197. The Morgan fingerprint density at radius 3 is 2.71 bits per heavy atom. The molecule has 1 N–H and O–H groups in total. The van der Waals surface area contributed by atoms with Gasteiger partial charge in [-0.25, -0.2) is 15.0 Å². The second kappa shape index (κ2) is 10.1. The fourth-order valence-corrected chi connectivity index (χ4v) is 4.36. The van der Waals surface area contributed by atoms with Crippen molar-refractivity contribution in [1.29, 1.82) is 0 Å². The van der Waals surface area contributed by atoms with Gasteiger partial charge in [0.2, 0.25) is 5.88 Å². The molecule has 4 rings (SSSR count). The molecule has 9 nitrogen and oxygen atoms in total. The zero-order chi connectivity index (χ0) is 24.3. The molecule has 0 spiro atoms. The maximum absolute atomic E-state index is 6.55. The summed E-state index contributed by atoms with van der Waals surface area (Å²) in [5.41, 5.74) is 0.597. The Labute approximate surface area is 207 Å². The van der Waals surface area contributed by atoms with Crippen molar-refractivity contribution < 1.29 is 14.2 Å². The Morgan fingerprint density at radius 2 is 1.97 bits per heavy atom. The number of aryl methyl sites for hydroxylation is 2. The van der Waals surface area contributed by atoms with E-state index in [4.69, 9.17) is 30.8 Å². The number of nitrogens with zero attached hydrogens (tertiary/aromatic N) is 5. The van der Waals surface area contributed by atoms with Crippen molar-refractivity contribution in [3.63, 3.8) is 0 Å². The van der Waals surface area contributed by atoms with Crippen molar-refractivity contribution in [2.45, 2.75) is 39.7 Å². The van der Waals surface area contributed by atoms with Gasteiger partial charge in [0.15, 0.2) is 5.65 Å². The van der Waals surface area contributed by atoms with E-state index in [1.807, 2.05) is 39.8 Å². The van der Waals surface area contributed by atoms with Gasteiger partial charge < -0.3 is 14.2 Å². The predicted octanol–water partition coefficient (Wildman–Crippen LogP) is 4.26. The molecule has 0 aromatic carbocycles. The minimum absolute atomic E-state index is 0.256. The second-order valence-corrected chi connectivity index (χ2v) is 9.99. The molecule has 1 aliphatic heterocycles. The normalized spacial score (nSPS) is 18.5. The van der Waals surface area contributed by atoms with E-state index >= 15 is 0 Å². The molecular weight excluding hydrogens is 476 g/mol. The van der Waals surface area contributed by atoms with Crippen LogP contribution in [0.1, 0.15) is 29.4 Å². The van der Waals surface area contributed by atoms with Gasteiger partial charge in [0.1, 0.15) is 30.3 Å². The van der Waals surface area contributed by atoms with Gasteiger partial charge in [-0.05, 0) is 39.8 Å². The third kappa shape index (κ3) is 5.39. The Kier molecular flexibility index (Phi) is 7.18. The monoisotopic (exact) mass is 502 g/mol. The average molecular weight is 503 g/mol. The van der Waals surface area contributed by atoms with Crippen LogP contribution in [-0.4, -0.2) is 52.6 Å². The lowest BCUT2D eigenvalue weighted by atomic mass is 9.90. The lowest BCUT2D eigenvalue weighted by Gasteiger charge is -2.34. The standard InChI is InChI=1S/C23H27ClN6O3S/c1-13-17(34-14(2)27-13)12-26-21-23(3,4)20(24)29-22(30-21)33-9-8-32-18-7-6-15-10-16(31-5)11-25-19(15)28-18/h6-7,10-11,20H,8-9,12H2,1-5H3,(H,26,29,30). The molecule has 1 aliphatic rings. The highest BCUT2D eigenvalue weighted by Gasteiger charge is 2.38. The van der Waals surface area contributed by atoms with E-state index in [1.165, 1.54) is 0 Å². The third-order valence-electron chi connectivity index (χ3n) is 5.34. The molecule has 0 radical (unpaired) electrons. The summed E-state index contributed by atoms with van der Waals surface area (Å²) in [4.78, 5) is 23.5. The van der Waals surface area contributed by atoms with Gasteiger partial charge in [-0.1, -0.05) is 11.6 Å². The molecular formula is C23H27ClN6O3S. The summed E-state index contributed by atoms with van der Waals surface area (Å²) in [6.07, 6.45) is 1.62. The smallest absolute Gasteiger partial charge is 0.291 e. The highest BCUT2D eigenvalue weighted by molar-refractivity contribution is 7.11. The van der Waals surface area contributed by atoms with Gasteiger partial charge in [-0.15, -0.1) is 11.3 Å². The first kappa shape index (κ1) is 24.2. The van der Waals surface area contributed by atoms with Crippen LogP contribution in [0.3, 0.4) is 0 Å². The van der Waals surface area contributed by atoms with E-state index in [0.29, 0.717) is 29.8 Å². The topological polar surface area (TPSA) is 103 Å². The van der Waals surface area contributed by atoms with E-state index in [-0.39, 0.29) is 13.2 Å². The van der Waals surface area contributed by atoms with Gasteiger partial charge in [-0.3, -0.25) is 10.3 Å². The van der Waals surface area contributed by atoms with Crippen LogP contribution in [0.4, 0.5) is 0 Å². The summed E-state index contributed by atoms with van der Waals surface area (Å²) in [7, 11) is 1.60. The van der Waals surface area contributed by atoms with E-state index in [1.54, 1.807) is 30.7 Å². The molecule has 0 amide bonds. The van der Waals surface area contributed by atoms with Gasteiger partial charge >= 0.3 is 0 Å². The number of alkyl halides is 1. The van der Waals surface area contributed by atoms with E-state index in [2.05, 4.69) is 25.3 Å². The van der Waals surface area contributed by atoms with Gasteiger partial charge in [0.05, 0.1) is 36.0 Å². The van der Waals surface area contributed by atoms with Gasteiger partial charge in [0, 0.05) is 16.3 Å². The number of fused-ring (bicyclic) bond motifs is 1. The molecule has 3 aromatic rings. The Morgan fingerprint density at radius 1 is 1.18 bits per heavy atom. The summed E-state index contributed by atoms with van der Waals surface area (Å²) in [6, 6.07) is 5.86. The van der Waals surface area contributed by atoms with E-state index in [0.717, 1.165) is 26.8 Å². The third-order valence-corrected chi connectivity index (χ3v) is 7.04. The molecule has 4 heterocycles. The van der Waals surface area contributed by atoms with Crippen LogP contribution in [0, 0.1) is 19.3 Å². The number of nitrogens with one attached hydrogen (secondary N) is 1. The molecule has 1 unspecified atom stereocenters. The Balaban J connectivity index is 1.34. The number of rotatable bonds is 7. The van der Waals surface area contributed by atoms with Crippen molar-refractivity contribution in [3.8, 4) is 11.6 Å². The molecule has 180 valence electrons. The summed E-state index contributed by atoms with van der Waals surface area (Å²) in [5.74, 6) is 1.86. The van der Waals surface area contributed by atoms with Crippen LogP contribution < -0.4 is 14.8 Å². The number of ether oxygens (including phenoxy) is 3. The SMILES string of the molecule is COc1cnc2nc(OCCOC3=NC(Cl)C(C)(C)C(=NCc4sc(C)nc4C)N3)ccc2c1. The van der Waals surface area contributed by atoms with E-state index < -0.39 is 10.9 Å². The molecule has 0 saturated carbocycles. The van der Waals surface area contributed by atoms with Crippen LogP contribution >= 0.6 is 22.9 Å². The maximum atomic E-state index is 6.55. The molecule has 0 aliphatic carbocycles. The van der Waals surface area contributed by atoms with Crippen molar-refractivity contribution in [3.05, 3.63) is 40.0 Å². The zero-order valence-corrected chi connectivity index (χ0v) is 21.3. The predicted molar refractivity (Wildman–Crippen MR) is 134 cm³/mol. The first-order chi connectivity index (χ1) is 16.3. The first-order valence-electron chi connectivity index (χ1n) is 10.8. The minimum atomic E-state index is -0.516. The molecule has 3 aromatic heterocycles. The van der Waals surface area contributed by atoms with Crippen molar-refractivity contribution >= 4 is 45.8 Å². The summed E-state index contributed by atoms with van der Waals surface area (Å²) < 4.78 is 16.7.